The number of nitrogens with one attached hydrogen (secondary N) is 1. The maximum Gasteiger partial charge on any atom is 0.417 e. The number of halogens is 12. The van der Waals surface area contributed by atoms with Gasteiger partial charge in [0.15, 0.2) is 17.4 Å². The molecule has 0 aliphatic heterocycles. The van der Waals surface area contributed by atoms with Crippen molar-refractivity contribution in [2.24, 2.45) is 0 Å². The molecule has 0 aromatic heterocycles. The fourth-order valence-corrected chi connectivity index (χ4v) is 3.71. The van der Waals surface area contributed by atoms with Gasteiger partial charge in [0, 0.05) is 30.9 Å². The van der Waals surface area contributed by atoms with Crippen LogP contribution in [-0.4, -0.2) is 30.3 Å². The molecular formula is C24H17BrF11NO2. The number of Topliss-reactive ketones (excluding diaryl/α,β-unsaturated/α-hetero) is 1. The second-order valence-electron chi connectivity index (χ2n) is 8.36. The van der Waals surface area contributed by atoms with Crippen LogP contribution in [-0.2, 0) is 11.0 Å². The number of rotatable bonds is 9. The molecule has 2 aromatic carbocycles. The summed E-state index contributed by atoms with van der Waals surface area (Å²) in [5.74, 6) is -13.5. The molecule has 0 saturated heterocycles. The smallest absolute Gasteiger partial charge is 0.350 e. The summed E-state index contributed by atoms with van der Waals surface area (Å²) in [7, 11) is 0. The van der Waals surface area contributed by atoms with Crippen molar-refractivity contribution < 1.29 is 57.9 Å². The molecule has 0 spiro atoms. The Bertz CT molecular complexity index is 1240. The highest BCUT2D eigenvalue weighted by molar-refractivity contribution is 9.10. The summed E-state index contributed by atoms with van der Waals surface area (Å²) >= 11 is 2.52. The lowest BCUT2D eigenvalue weighted by atomic mass is 9.94. The molecule has 1 amide bonds. The minimum atomic E-state index is -5.29. The lowest BCUT2D eigenvalue weighted by Crippen LogP contribution is -2.34. The Balaban J connectivity index is 2.41. The number of amides is 1. The van der Waals surface area contributed by atoms with Crippen molar-refractivity contribution in [2.45, 2.75) is 44.0 Å². The van der Waals surface area contributed by atoms with Gasteiger partial charge in [0.25, 0.3) is 5.92 Å². The summed E-state index contributed by atoms with van der Waals surface area (Å²) in [4.78, 5) is 23.9. The first-order chi connectivity index (χ1) is 17.7. The number of hydrogen-bond acceptors (Lipinski definition) is 2. The van der Waals surface area contributed by atoms with E-state index in [-0.39, 0.29) is 18.2 Å². The molecule has 1 atom stereocenters. The van der Waals surface area contributed by atoms with Crippen LogP contribution in [0.1, 0.15) is 52.7 Å². The molecule has 0 radical (unpaired) electrons. The molecule has 2 rings (SSSR count). The summed E-state index contributed by atoms with van der Waals surface area (Å²) in [6.07, 6.45) is -12.3. The summed E-state index contributed by atoms with van der Waals surface area (Å²) < 4.78 is 149. The molecule has 1 unspecified atom stereocenters. The van der Waals surface area contributed by atoms with Gasteiger partial charge in [0.2, 0.25) is 5.91 Å². The standard InChI is InChI=1S/C24H17BrF11NO2/c1-22(29,30)10-37-20(39)5-4-19(38)13-3-2-11(6-15(13)24(34,35)36)17(26)9-14(23(31,32)33)12-7-16(25)21(28)18(27)8-12/h2-3,6-9,14H,4-5,10H2,1H3,(H,37,39)/b17-9-. The van der Waals surface area contributed by atoms with E-state index < -0.39 is 99.5 Å². The SMILES string of the molecule is CC(F)(F)CNC(=O)CCC(=O)c1ccc(/C(F)=C/C(c2cc(F)c(F)c(Br)c2)C(F)(F)F)cc1C(F)(F)F. The van der Waals surface area contributed by atoms with E-state index in [0.29, 0.717) is 25.1 Å². The maximum atomic E-state index is 14.8. The molecule has 0 fully saturated rings. The van der Waals surface area contributed by atoms with E-state index in [1.807, 2.05) is 0 Å². The molecule has 1 N–H and O–H groups in total. The zero-order chi connectivity index (χ0) is 29.9. The number of allylic oxidation sites excluding steroid dienone is 1. The van der Waals surface area contributed by atoms with Gasteiger partial charge in [-0.3, -0.25) is 9.59 Å². The average molecular weight is 640 g/mol. The van der Waals surface area contributed by atoms with Gasteiger partial charge in [-0.2, -0.15) is 26.3 Å². The lowest BCUT2D eigenvalue weighted by Gasteiger charge is -2.19. The van der Waals surface area contributed by atoms with E-state index in [9.17, 15) is 57.9 Å². The molecular weight excluding hydrogens is 623 g/mol. The van der Waals surface area contributed by atoms with Crippen LogP contribution in [0.25, 0.3) is 5.83 Å². The summed E-state index contributed by atoms with van der Waals surface area (Å²) in [5, 5.41) is 1.79. The highest BCUT2D eigenvalue weighted by atomic mass is 79.9. The fraction of sp³-hybridized carbons (Fsp3) is 0.333. The zero-order valence-corrected chi connectivity index (χ0v) is 21.1. The first kappa shape index (κ1) is 32.2. The van der Waals surface area contributed by atoms with Gasteiger partial charge in [-0.25, -0.2) is 22.0 Å². The Morgan fingerprint density at radius 2 is 1.59 bits per heavy atom. The van der Waals surface area contributed by atoms with E-state index in [4.69, 9.17) is 0 Å². The number of benzene rings is 2. The highest BCUT2D eigenvalue weighted by Crippen LogP contribution is 2.41. The van der Waals surface area contributed by atoms with Crippen LogP contribution in [0.5, 0.6) is 0 Å². The number of hydrogen-bond donors (Lipinski definition) is 1. The third-order valence-electron chi connectivity index (χ3n) is 5.11. The Morgan fingerprint density at radius 1 is 0.974 bits per heavy atom. The topological polar surface area (TPSA) is 46.2 Å². The van der Waals surface area contributed by atoms with Crippen molar-refractivity contribution in [3.63, 3.8) is 0 Å². The second kappa shape index (κ2) is 12.0. The molecule has 39 heavy (non-hydrogen) atoms. The average Bonchev–Trinajstić information content (AvgIpc) is 2.80. The highest BCUT2D eigenvalue weighted by Gasteiger charge is 2.41. The van der Waals surface area contributed by atoms with Crippen LogP contribution in [0.2, 0.25) is 0 Å². The van der Waals surface area contributed by atoms with Crippen LogP contribution >= 0.6 is 15.9 Å². The molecule has 0 aliphatic rings. The van der Waals surface area contributed by atoms with E-state index >= 15 is 0 Å². The molecule has 0 aliphatic carbocycles. The summed E-state index contributed by atoms with van der Waals surface area (Å²) in [6, 6.07) is 1.83. The summed E-state index contributed by atoms with van der Waals surface area (Å²) in [6.45, 7) is -0.578. The molecule has 15 heteroatoms. The maximum absolute atomic E-state index is 14.8. The Hall–Kier alpha value is -2.97. The van der Waals surface area contributed by atoms with E-state index in [2.05, 4.69) is 15.9 Å². The summed E-state index contributed by atoms with van der Waals surface area (Å²) in [5.41, 5.74) is -4.74. The van der Waals surface area contributed by atoms with Gasteiger partial charge in [-0.15, -0.1) is 0 Å². The van der Waals surface area contributed by atoms with Crippen molar-refractivity contribution in [1.82, 2.24) is 5.32 Å². The van der Waals surface area contributed by atoms with Gasteiger partial charge >= 0.3 is 12.4 Å². The van der Waals surface area contributed by atoms with Gasteiger partial charge < -0.3 is 5.32 Å². The molecule has 0 saturated carbocycles. The number of carbonyl (C=O) groups excluding carboxylic acids is 2. The number of ketones is 1. The molecule has 214 valence electrons. The van der Waals surface area contributed by atoms with Gasteiger partial charge in [-0.1, -0.05) is 12.1 Å². The Morgan fingerprint density at radius 3 is 2.10 bits per heavy atom. The third-order valence-corrected chi connectivity index (χ3v) is 5.68. The largest absolute Gasteiger partial charge is 0.417 e. The van der Waals surface area contributed by atoms with E-state index in [1.54, 1.807) is 5.32 Å². The van der Waals surface area contributed by atoms with Gasteiger partial charge in [-0.05, 0) is 45.8 Å². The van der Waals surface area contributed by atoms with Crippen LogP contribution in [0.15, 0.2) is 40.9 Å². The van der Waals surface area contributed by atoms with Gasteiger partial charge in [0.1, 0.15) is 11.7 Å². The quantitative estimate of drug-likeness (QED) is 0.171. The fourth-order valence-electron chi connectivity index (χ4n) is 3.25. The van der Waals surface area contributed by atoms with Crippen molar-refractivity contribution in [2.75, 3.05) is 6.54 Å². The van der Waals surface area contributed by atoms with E-state index in [0.717, 1.165) is 0 Å². The van der Waals surface area contributed by atoms with Crippen molar-refractivity contribution in [3.8, 4) is 0 Å². The van der Waals surface area contributed by atoms with Crippen molar-refractivity contribution >= 4 is 33.4 Å². The molecule has 0 heterocycles. The molecule has 3 nitrogen and oxygen atoms in total. The van der Waals surface area contributed by atoms with Crippen LogP contribution < -0.4 is 5.32 Å². The van der Waals surface area contributed by atoms with E-state index in [1.165, 1.54) is 0 Å². The van der Waals surface area contributed by atoms with Gasteiger partial charge in [0.05, 0.1) is 16.6 Å². The number of alkyl halides is 8. The second-order valence-corrected chi connectivity index (χ2v) is 9.21. The third kappa shape index (κ3) is 9.04. The van der Waals surface area contributed by atoms with Crippen LogP contribution in [0.3, 0.4) is 0 Å². The predicted molar refractivity (Wildman–Crippen MR) is 121 cm³/mol. The van der Waals surface area contributed by atoms with Crippen molar-refractivity contribution in [1.29, 1.82) is 0 Å². The first-order valence-electron chi connectivity index (χ1n) is 10.7. The lowest BCUT2D eigenvalue weighted by molar-refractivity contribution is -0.140. The van der Waals surface area contributed by atoms with Crippen LogP contribution in [0, 0.1) is 11.6 Å². The zero-order valence-electron chi connectivity index (χ0n) is 19.5. The Labute approximate surface area is 222 Å². The minimum Gasteiger partial charge on any atom is -0.350 e. The van der Waals surface area contributed by atoms with Crippen LogP contribution in [0.4, 0.5) is 48.3 Å². The monoisotopic (exact) mass is 639 g/mol. The number of carbonyl (C=O) groups is 2. The predicted octanol–water partition coefficient (Wildman–Crippen LogP) is 8.14. The first-order valence-corrected chi connectivity index (χ1v) is 11.5. The molecule has 2 aromatic rings. The normalized spacial score (nSPS) is 13.8. The molecule has 0 bridgehead atoms. The Kier molecular flexibility index (Phi) is 9.96. The minimum absolute atomic E-state index is 0.0748. The van der Waals surface area contributed by atoms with Crippen molar-refractivity contribution in [3.05, 3.63) is 74.8 Å².